The van der Waals surface area contributed by atoms with E-state index in [1.54, 1.807) is 6.20 Å². The summed E-state index contributed by atoms with van der Waals surface area (Å²) in [4.78, 5) is 9.08. The minimum absolute atomic E-state index is 0.221. The van der Waals surface area contributed by atoms with Crippen LogP contribution in [0.4, 0.5) is 0 Å². The molecule has 146 valence electrons. The van der Waals surface area contributed by atoms with Crippen molar-refractivity contribution in [3.63, 3.8) is 0 Å². The summed E-state index contributed by atoms with van der Waals surface area (Å²) in [5.74, 6) is 0. The van der Waals surface area contributed by atoms with Crippen molar-refractivity contribution >= 4 is 0 Å². The number of aliphatic hydroxyl groups is 1. The molecular weight excluding hydrogens is 342 g/mol. The highest BCUT2D eigenvalue weighted by atomic mass is 16.5. The molecule has 0 saturated carbocycles. The summed E-state index contributed by atoms with van der Waals surface area (Å²) >= 11 is 0. The Morgan fingerprint density at radius 2 is 2.07 bits per heavy atom. The molecule has 0 bridgehead atoms. The van der Waals surface area contributed by atoms with E-state index in [9.17, 15) is 5.11 Å². The van der Waals surface area contributed by atoms with Gasteiger partial charge in [0, 0.05) is 63.8 Å². The normalized spacial score (nSPS) is 25.3. The van der Waals surface area contributed by atoms with Crippen LogP contribution in [0.3, 0.4) is 0 Å². The molecule has 0 aromatic carbocycles. The van der Waals surface area contributed by atoms with Crippen molar-refractivity contribution in [2.24, 2.45) is 7.05 Å². The molecule has 2 aliphatic heterocycles. The number of pyridine rings is 1. The summed E-state index contributed by atoms with van der Waals surface area (Å²) in [7, 11) is 1.94. The highest BCUT2D eigenvalue weighted by molar-refractivity contribution is 5.05. The van der Waals surface area contributed by atoms with E-state index in [4.69, 9.17) is 4.74 Å². The average molecular weight is 371 g/mol. The van der Waals surface area contributed by atoms with Gasteiger partial charge in [-0.05, 0) is 25.0 Å². The first-order chi connectivity index (χ1) is 13.2. The topological polar surface area (TPSA) is 66.7 Å². The smallest absolute Gasteiger partial charge is 0.0891 e. The molecule has 2 aromatic rings. The maximum Gasteiger partial charge on any atom is 0.0891 e. The van der Waals surface area contributed by atoms with Gasteiger partial charge in [0.25, 0.3) is 0 Å². The Labute approximate surface area is 160 Å². The predicted molar refractivity (Wildman–Crippen MR) is 102 cm³/mol. The maximum absolute atomic E-state index is 10.6. The summed E-state index contributed by atoms with van der Waals surface area (Å²) < 4.78 is 7.87. The van der Waals surface area contributed by atoms with Gasteiger partial charge in [0.15, 0.2) is 0 Å². The Hall–Kier alpha value is -1.80. The van der Waals surface area contributed by atoms with Crippen LogP contribution in [0.1, 0.15) is 24.1 Å². The Morgan fingerprint density at radius 1 is 1.22 bits per heavy atom. The van der Waals surface area contributed by atoms with Crippen LogP contribution in [0.25, 0.3) is 0 Å². The van der Waals surface area contributed by atoms with E-state index in [-0.39, 0.29) is 18.2 Å². The molecule has 4 heterocycles. The first-order valence-corrected chi connectivity index (χ1v) is 9.81. The molecule has 1 N–H and O–H groups in total. The Morgan fingerprint density at radius 3 is 2.78 bits per heavy atom. The first-order valence-electron chi connectivity index (χ1n) is 9.81. The van der Waals surface area contributed by atoms with Crippen molar-refractivity contribution in [3.8, 4) is 0 Å². The fourth-order valence-electron chi connectivity index (χ4n) is 4.21. The molecule has 2 aromatic heterocycles. The fraction of sp³-hybridized carbons (Fsp3) is 0.600. The summed E-state index contributed by atoms with van der Waals surface area (Å²) in [6, 6.07) is 6.14. The van der Waals surface area contributed by atoms with Crippen LogP contribution in [0, 0.1) is 0 Å². The number of rotatable bonds is 6. The SMILES string of the molecule is Cn1cc(CN2C[C@H](O)[C@@H](N3CCC(OCc4ccccn4)CC3)C2)cn1. The molecule has 7 nitrogen and oxygen atoms in total. The van der Waals surface area contributed by atoms with E-state index < -0.39 is 0 Å². The second-order valence-corrected chi connectivity index (χ2v) is 7.72. The lowest BCUT2D eigenvalue weighted by Gasteiger charge is -2.36. The number of nitrogens with zero attached hydrogens (tertiary/aromatic N) is 5. The number of aryl methyl sites for hydroxylation is 1. The standard InChI is InChI=1S/C20H29N5O2/c1-23-11-16(10-22-23)12-24-13-19(20(26)14-24)25-8-5-18(6-9-25)27-15-17-4-2-3-7-21-17/h2-4,7,10-11,18-20,26H,5-6,8-9,12-15H2,1H3/t19-,20-/m0/s1. The number of hydrogen-bond acceptors (Lipinski definition) is 6. The van der Waals surface area contributed by atoms with Crippen LogP contribution in [0.5, 0.6) is 0 Å². The van der Waals surface area contributed by atoms with E-state index in [1.807, 2.05) is 42.3 Å². The zero-order valence-corrected chi connectivity index (χ0v) is 15.9. The third-order valence-electron chi connectivity index (χ3n) is 5.64. The predicted octanol–water partition coefficient (Wildman–Crippen LogP) is 1.04. The highest BCUT2D eigenvalue weighted by Crippen LogP contribution is 2.23. The Balaban J connectivity index is 1.23. The first kappa shape index (κ1) is 18.6. The molecule has 0 aliphatic carbocycles. The van der Waals surface area contributed by atoms with Gasteiger partial charge < -0.3 is 9.84 Å². The second-order valence-electron chi connectivity index (χ2n) is 7.72. The lowest BCUT2D eigenvalue weighted by molar-refractivity contribution is -0.0222. The zero-order chi connectivity index (χ0) is 18.6. The van der Waals surface area contributed by atoms with Crippen molar-refractivity contribution < 1.29 is 9.84 Å². The van der Waals surface area contributed by atoms with Gasteiger partial charge in [-0.25, -0.2) is 0 Å². The number of aliphatic hydroxyl groups excluding tert-OH is 1. The lowest BCUT2D eigenvalue weighted by atomic mass is 10.0. The number of ether oxygens (including phenoxy) is 1. The van der Waals surface area contributed by atoms with Crippen molar-refractivity contribution in [2.45, 2.75) is 44.2 Å². The molecular formula is C20H29N5O2. The van der Waals surface area contributed by atoms with Gasteiger partial charge in [-0.15, -0.1) is 0 Å². The zero-order valence-electron chi connectivity index (χ0n) is 15.9. The van der Waals surface area contributed by atoms with Crippen LogP contribution < -0.4 is 0 Å². The molecule has 4 rings (SSSR count). The average Bonchev–Trinajstić information content (AvgIpc) is 3.26. The van der Waals surface area contributed by atoms with Crippen molar-refractivity contribution in [1.82, 2.24) is 24.6 Å². The third-order valence-corrected chi connectivity index (χ3v) is 5.64. The van der Waals surface area contributed by atoms with Gasteiger partial charge in [-0.3, -0.25) is 19.5 Å². The monoisotopic (exact) mass is 371 g/mol. The Bertz CT molecular complexity index is 714. The number of aromatic nitrogens is 3. The summed E-state index contributed by atoms with van der Waals surface area (Å²) in [6.45, 7) is 5.04. The molecule has 0 unspecified atom stereocenters. The second kappa shape index (κ2) is 8.48. The molecule has 7 heteroatoms. The maximum atomic E-state index is 10.6. The molecule has 0 amide bonds. The summed E-state index contributed by atoms with van der Waals surface area (Å²) in [5.41, 5.74) is 2.18. The highest BCUT2D eigenvalue weighted by Gasteiger charge is 2.37. The van der Waals surface area contributed by atoms with Gasteiger partial charge in [0.2, 0.25) is 0 Å². The van der Waals surface area contributed by atoms with Crippen LogP contribution in [-0.2, 0) is 24.9 Å². The summed E-state index contributed by atoms with van der Waals surface area (Å²) in [6.07, 6.45) is 7.78. The van der Waals surface area contributed by atoms with Gasteiger partial charge in [-0.1, -0.05) is 6.07 Å². The van der Waals surface area contributed by atoms with E-state index >= 15 is 0 Å². The van der Waals surface area contributed by atoms with Crippen LogP contribution >= 0.6 is 0 Å². The van der Waals surface area contributed by atoms with Gasteiger partial charge in [0.05, 0.1) is 30.7 Å². The van der Waals surface area contributed by atoms with Gasteiger partial charge in [0.1, 0.15) is 0 Å². The van der Waals surface area contributed by atoms with Crippen molar-refractivity contribution in [2.75, 3.05) is 26.2 Å². The number of hydrogen-bond donors (Lipinski definition) is 1. The molecule has 0 spiro atoms. The minimum atomic E-state index is -0.285. The van der Waals surface area contributed by atoms with Crippen LogP contribution in [0.2, 0.25) is 0 Å². The quantitative estimate of drug-likeness (QED) is 0.819. The minimum Gasteiger partial charge on any atom is -0.390 e. The van der Waals surface area contributed by atoms with Crippen LogP contribution in [0.15, 0.2) is 36.8 Å². The van der Waals surface area contributed by atoms with Crippen LogP contribution in [-0.4, -0.2) is 74.1 Å². The molecule has 2 fully saturated rings. The van der Waals surface area contributed by atoms with E-state index in [0.717, 1.165) is 51.3 Å². The van der Waals surface area contributed by atoms with E-state index in [2.05, 4.69) is 19.9 Å². The third kappa shape index (κ3) is 4.73. The Kier molecular flexibility index (Phi) is 5.83. The molecule has 2 aliphatic rings. The van der Waals surface area contributed by atoms with Gasteiger partial charge >= 0.3 is 0 Å². The van der Waals surface area contributed by atoms with E-state index in [0.29, 0.717) is 6.61 Å². The fourth-order valence-corrected chi connectivity index (χ4v) is 4.21. The van der Waals surface area contributed by atoms with Gasteiger partial charge in [-0.2, -0.15) is 5.10 Å². The lowest BCUT2D eigenvalue weighted by Crippen LogP contribution is -2.48. The number of β-amino-alcohol motifs (C(OH)–C–C–N with tert-alkyl or cyclic N) is 1. The van der Waals surface area contributed by atoms with Crippen molar-refractivity contribution in [1.29, 1.82) is 0 Å². The number of likely N-dealkylation sites (tertiary alicyclic amines) is 2. The van der Waals surface area contributed by atoms with E-state index in [1.165, 1.54) is 5.56 Å². The molecule has 27 heavy (non-hydrogen) atoms. The van der Waals surface area contributed by atoms with Crippen molar-refractivity contribution in [3.05, 3.63) is 48.0 Å². The molecule has 0 radical (unpaired) electrons. The molecule has 2 saturated heterocycles. The number of piperidine rings is 1. The largest absolute Gasteiger partial charge is 0.390 e. The molecule has 2 atom stereocenters. The summed E-state index contributed by atoms with van der Waals surface area (Å²) in [5, 5.41) is 14.8.